The summed E-state index contributed by atoms with van der Waals surface area (Å²) in [4.78, 5) is 12.3. The average Bonchev–Trinajstić information content (AvgIpc) is 2.73. The number of H-pyrrole nitrogens is 1. The zero-order chi connectivity index (χ0) is 13.1. The zero-order valence-corrected chi connectivity index (χ0v) is 10.4. The summed E-state index contributed by atoms with van der Waals surface area (Å²) in [6, 6.07) is 0. The molecule has 2 rings (SSSR count). The summed E-state index contributed by atoms with van der Waals surface area (Å²) in [6.45, 7) is 6.11. The minimum atomic E-state index is -0.519. The SMILES string of the molecule is CC(C)Oc1c(N2CCOCC2)n[nH]c1[N+](=O)[O-]. The highest BCUT2D eigenvalue weighted by Crippen LogP contribution is 2.35. The molecule has 0 radical (unpaired) electrons. The van der Waals surface area contributed by atoms with Crippen LogP contribution in [-0.2, 0) is 4.74 Å². The van der Waals surface area contributed by atoms with Crippen molar-refractivity contribution in [3.8, 4) is 5.75 Å². The summed E-state index contributed by atoms with van der Waals surface area (Å²) in [5.74, 6) is 0.487. The van der Waals surface area contributed by atoms with E-state index in [-0.39, 0.29) is 17.7 Å². The van der Waals surface area contributed by atoms with Gasteiger partial charge in [-0.15, -0.1) is 5.10 Å². The van der Waals surface area contributed by atoms with Crippen molar-refractivity contribution in [3.63, 3.8) is 0 Å². The predicted octanol–water partition coefficient (Wildman–Crippen LogP) is 0.942. The van der Waals surface area contributed by atoms with Crippen molar-refractivity contribution in [1.82, 2.24) is 10.2 Å². The minimum absolute atomic E-state index is 0.152. The number of aromatic amines is 1. The van der Waals surface area contributed by atoms with Gasteiger partial charge in [0.15, 0.2) is 0 Å². The molecule has 2 heterocycles. The lowest BCUT2D eigenvalue weighted by Gasteiger charge is -2.26. The van der Waals surface area contributed by atoms with Gasteiger partial charge in [0.05, 0.1) is 19.3 Å². The summed E-state index contributed by atoms with van der Waals surface area (Å²) in [5, 5.41) is 17.3. The van der Waals surface area contributed by atoms with Crippen molar-refractivity contribution in [1.29, 1.82) is 0 Å². The van der Waals surface area contributed by atoms with Crippen LogP contribution in [0.25, 0.3) is 0 Å². The number of morpholine rings is 1. The van der Waals surface area contributed by atoms with Gasteiger partial charge in [0.25, 0.3) is 5.75 Å². The largest absolute Gasteiger partial charge is 0.480 e. The molecule has 1 N–H and O–H groups in total. The molecule has 0 spiro atoms. The second-order valence-electron chi connectivity index (χ2n) is 4.25. The van der Waals surface area contributed by atoms with Crippen molar-refractivity contribution in [2.24, 2.45) is 0 Å². The maximum absolute atomic E-state index is 10.9. The van der Waals surface area contributed by atoms with E-state index in [9.17, 15) is 10.1 Å². The van der Waals surface area contributed by atoms with Crippen LogP contribution in [-0.4, -0.2) is 47.5 Å². The van der Waals surface area contributed by atoms with Crippen molar-refractivity contribution in [3.05, 3.63) is 10.1 Å². The molecule has 1 aliphatic rings. The van der Waals surface area contributed by atoms with Gasteiger partial charge in [0.2, 0.25) is 5.82 Å². The number of anilines is 1. The summed E-state index contributed by atoms with van der Waals surface area (Å²) in [7, 11) is 0. The smallest absolute Gasteiger partial charge is 0.387 e. The fraction of sp³-hybridized carbons (Fsp3) is 0.700. The van der Waals surface area contributed by atoms with E-state index in [0.29, 0.717) is 32.1 Å². The molecule has 0 bridgehead atoms. The van der Waals surface area contributed by atoms with Crippen LogP contribution in [0.2, 0.25) is 0 Å². The molecule has 8 heteroatoms. The Hall–Kier alpha value is -1.83. The summed E-state index contributed by atoms with van der Waals surface area (Å²) in [6.07, 6.45) is -0.152. The molecule has 0 saturated carbocycles. The van der Waals surface area contributed by atoms with Crippen LogP contribution in [0.15, 0.2) is 0 Å². The Morgan fingerprint density at radius 3 is 2.72 bits per heavy atom. The van der Waals surface area contributed by atoms with Gasteiger partial charge in [0.1, 0.15) is 0 Å². The molecule has 1 aromatic heterocycles. The molecule has 0 aliphatic carbocycles. The molecule has 0 aromatic carbocycles. The molecule has 0 unspecified atom stereocenters. The molecule has 18 heavy (non-hydrogen) atoms. The first kappa shape index (κ1) is 12.6. The highest BCUT2D eigenvalue weighted by Gasteiger charge is 2.29. The van der Waals surface area contributed by atoms with Crippen molar-refractivity contribution in [2.75, 3.05) is 31.2 Å². The van der Waals surface area contributed by atoms with Gasteiger partial charge >= 0.3 is 5.82 Å². The number of hydrogen-bond donors (Lipinski definition) is 1. The fourth-order valence-corrected chi connectivity index (χ4v) is 1.77. The van der Waals surface area contributed by atoms with E-state index >= 15 is 0 Å². The van der Waals surface area contributed by atoms with Crippen LogP contribution in [0, 0.1) is 10.1 Å². The maximum atomic E-state index is 10.9. The number of rotatable bonds is 4. The highest BCUT2D eigenvalue weighted by molar-refractivity contribution is 5.61. The lowest BCUT2D eigenvalue weighted by atomic mass is 10.4. The third-order valence-electron chi connectivity index (χ3n) is 2.53. The third kappa shape index (κ3) is 2.53. The van der Waals surface area contributed by atoms with E-state index in [1.807, 2.05) is 18.7 Å². The van der Waals surface area contributed by atoms with Crippen LogP contribution in [0.1, 0.15) is 13.8 Å². The van der Waals surface area contributed by atoms with E-state index in [1.165, 1.54) is 0 Å². The second kappa shape index (κ2) is 5.21. The number of ether oxygens (including phenoxy) is 2. The van der Waals surface area contributed by atoms with Crippen molar-refractivity contribution >= 4 is 11.6 Å². The van der Waals surface area contributed by atoms with Gasteiger partial charge in [-0.2, -0.15) is 0 Å². The molecule has 0 amide bonds. The molecule has 0 atom stereocenters. The van der Waals surface area contributed by atoms with E-state index in [2.05, 4.69) is 10.2 Å². The molecule has 1 fully saturated rings. The molecule has 1 aliphatic heterocycles. The lowest BCUT2D eigenvalue weighted by Crippen LogP contribution is -2.36. The van der Waals surface area contributed by atoms with Crippen LogP contribution >= 0.6 is 0 Å². The highest BCUT2D eigenvalue weighted by atomic mass is 16.6. The standard InChI is InChI=1S/C10H16N4O4/c1-7(2)18-8-9(11-12-10(8)14(15)16)13-3-5-17-6-4-13/h7H,3-6H2,1-2H3,(H,11,12). The Balaban J connectivity index is 2.30. The van der Waals surface area contributed by atoms with Crippen LogP contribution in [0.5, 0.6) is 5.75 Å². The van der Waals surface area contributed by atoms with Crippen molar-refractivity contribution < 1.29 is 14.4 Å². The Labute approximate surface area is 104 Å². The van der Waals surface area contributed by atoms with E-state index in [1.54, 1.807) is 0 Å². The van der Waals surface area contributed by atoms with Gasteiger partial charge in [-0.25, -0.2) is 0 Å². The minimum Gasteiger partial charge on any atom is -0.480 e. The Kier molecular flexibility index (Phi) is 3.66. The Morgan fingerprint density at radius 2 is 2.17 bits per heavy atom. The lowest BCUT2D eigenvalue weighted by molar-refractivity contribution is -0.390. The molecule has 8 nitrogen and oxygen atoms in total. The molecular formula is C10H16N4O4. The van der Waals surface area contributed by atoms with E-state index in [0.717, 1.165) is 0 Å². The van der Waals surface area contributed by atoms with Gasteiger partial charge < -0.3 is 24.5 Å². The number of nitrogens with one attached hydrogen (secondary N) is 1. The normalized spacial score (nSPS) is 16.1. The second-order valence-corrected chi connectivity index (χ2v) is 4.25. The fourth-order valence-electron chi connectivity index (χ4n) is 1.77. The average molecular weight is 256 g/mol. The van der Waals surface area contributed by atoms with Gasteiger partial charge in [-0.1, -0.05) is 5.10 Å². The Bertz CT molecular complexity index is 426. The summed E-state index contributed by atoms with van der Waals surface area (Å²) >= 11 is 0. The third-order valence-corrected chi connectivity index (χ3v) is 2.53. The van der Waals surface area contributed by atoms with Gasteiger partial charge in [0, 0.05) is 13.1 Å². The maximum Gasteiger partial charge on any atom is 0.387 e. The predicted molar refractivity (Wildman–Crippen MR) is 64.0 cm³/mol. The Morgan fingerprint density at radius 1 is 1.50 bits per heavy atom. The van der Waals surface area contributed by atoms with Crippen LogP contribution in [0.3, 0.4) is 0 Å². The van der Waals surface area contributed by atoms with E-state index < -0.39 is 4.92 Å². The van der Waals surface area contributed by atoms with Crippen LogP contribution in [0.4, 0.5) is 11.6 Å². The molecular weight excluding hydrogens is 240 g/mol. The number of nitro groups is 1. The number of aromatic nitrogens is 2. The summed E-state index contributed by atoms with van der Waals surface area (Å²) < 4.78 is 10.8. The molecule has 1 aromatic rings. The topological polar surface area (TPSA) is 93.5 Å². The number of hydrogen-bond acceptors (Lipinski definition) is 6. The zero-order valence-electron chi connectivity index (χ0n) is 10.4. The first-order valence-electron chi connectivity index (χ1n) is 5.81. The van der Waals surface area contributed by atoms with Gasteiger partial charge in [-0.05, 0) is 18.8 Å². The van der Waals surface area contributed by atoms with Gasteiger partial charge in [-0.3, -0.25) is 0 Å². The molecule has 1 saturated heterocycles. The van der Waals surface area contributed by atoms with Crippen molar-refractivity contribution in [2.45, 2.75) is 20.0 Å². The number of nitrogens with zero attached hydrogens (tertiary/aromatic N) is 3. The van der Waals surface area contributed by atoms with Crippen LogP contribution < -0.4 is 9.64 Å². The first-order chi connectivity index (χ1) is 8.59. The quantitative estimate of drug-likeness (QED) is 0.636. The molecule has 100 valence electrons. The first-order valence-corrected chi connectivity index (χ1v) is 5.81. The monoisotopic (exact) mass is 256 g/mol. The van der Waals surface area contributed by atoms with E-state index in [4.69, 9.17) is 9.47 Å². The summed E-state index contributed by atoms with van der Waals surface area (Å²) in [5.41, 5.74) is 0.